The molecule has 8 nitrogen and oxygen atoms in total. The lowest BCUT2D eigenvalue weighted by molar-refractivity contribution is 0.417. The Morgan fingerprint density at radius 1 is 1.17 bits per heavy atom. The summed E-state index contributed by atoms with van der Waals surface area (Å²) in [6.45, 7) is 2.10. The van der Waals surface area contributed by atoms with Crippen LogP contribution in [0.2, 0.25) is 0 Å². The van der Waals surface area contributed by atoms with E-state index in [1.165, 1.54) is 31.2 Å². The number of nitrogens with zero attached hydrogens (tertiary/aromatic N) is 7. The number of benzene rings is 1. The third-order valence-electron chi connectivity index (χ3n) is 5.72. The van der Waals surface area contributed by atoms with E-state index in [0.29, 0.717) is 5.92 Å². The van der Waals surface area contributed by atoms with Gasteiger partial charge in [-0.1, -0.05) is 36.8 Å². The number of H-pyrrole nitrogens is 1. The number of nitrogens with one attached hydrogen (secondary N) is 1. The van der Waals surface area contributed by atoms with Crippen molar-refractivity contribution in [3.8, 4) is 11.4 Å². The van der Waals surface area contributed by atoms with Crippen molar-refractivity contribution in [2.45, 2.75) is 38.1 Å². The molecule has 3 aromatic heterocycles. The van der Waals surface area contributed by atoms with Crippen LogP contribution in [0.25, 0.3) is 17.0 Å². The highest BCUT2D eigenvalue weighted by atomic mass is 35.5. The normalized spacial score (nSPS) is 15.0. The van der Waals surface area contributed by atoms with Crippen LogP contribution in [-0.4, -0.2) is 42.0 Å². The van der Waals surface area contributed by atoms with Crippen LogP contribution in [0.4, 0.5) is 5.82 Å². The Labute approximate surface area is 174 Å². The van der Waals surface area contributed by atoms with Crippen LogP contribution in [0.15, 0.2) is 42.7 Å². The van der Waals surface area contributed by atoms with Crippen LogP contribution in [0, 0.1) is 0 Å². The van der Waals surface area contributed by atoms with Gasteiger partial charge in [0.15, 0.2) is 17.3 Å². The Bertz CT molecular complexity index is 1090. The number of aromatic nitrogens is 7. The lowest BCUT2D eigenvalue weighted by Gasteiger charge is -2.32. The zero-order chi connectivity index (χ0) is 19.1. The molecular weight excluding hydrogens is 388 g/mol. The zero-order valence-electron chi connectivity index (χ0n) is 16.4. The molecule has 1 aromatic carbocycles. The van der Waals surface area contributed by atoms with Gasteiger partial charge < -0.3 is 4.90 Å². The largest absolute Gasteiger partial charge is 0.348 e. The SMILES string of the molecule is CC(c1ncn[nH]1)N(C)c1nn2c(-c3ccccc3)nnc2cc1C1CCC1.Cl. The van der Waals surface area contributed by atoms with Gasteiger partial charge in [-0.15, -0.1) is 27.7 Å². The van der Waals surface area contributed by atoms with Crippen molar-refractivity contribution in [1.29, 1.82) is 0 Å². The van der Waals surface area contributed by atoms with Gasteiger partial charge in [-0.3, -0.25) is 5.10 Å². The molecule has 1 aliphatic rings. The molecule has 29 heavy (non-hydrogen) atoms. The minimum Gasteiger partial charge on any atom is -0.348 e. The summed E-state index contributed by atoms with van der Waals surface area (Å²) in [5.41, 5.74) is 3.01. The molecule has 1 N–H and O–H groups in total. The summed E-state index contributed by atoms with van der Waals surface area (Å²) >= 11 is 0. The topological polar surface area (TPSA) is 87.9 Å². The van der Waals surface area contributed by atoms with Gasteiger partial charge in [0.05, 0.1) is 6.04 Å². The Balaban J connectivity index is 0.00000205. The van der Waals surface area contributed by atoms with Crippen LogP contribution >= 0.6 is 12.4 Å². The van der Waals surface area contributed by atoms with E-state index >= 15 is 0 Å². The first-order valence-electron chi connectivity index (χ1n) is 9.62. The fraction of sp³-hybridized carbons (Fsp3) is 0.350. The first kappa shape index (κ1) is 19.3. The molecule has 3 heterocycles. The fourth-order valence-corrected chi connectivity index (χ4v) is 3.68. The van der Waals surface area contributed by atoms with Gasteiger partial charge in [-0.05, 0) is 31.7 Å². The number of fused-ring (bicyclic) bond motifs is 1. The van der Waals surface area contributed by atoms with Crippen molar-refractivity contribution >= 4 is 23.9 Å². The smallest absolute Gasteiger partial charge is 0.185 e. The molecule has 5 rings (SSSR count). The molecule has 150 valence electrons. The van der Waals surface area contributed by atoms with Crippen molar-refractivity contribution in [3.63, 3.8) is 0 Å². The average Bonchev–Trinajstić information content (AvgIpc) is 3.35. The van der Waals surface area contributed by atoms with E-state index in [1.54, 1.807) is 0 Å². The van der Waals surface area contributed by atoms with Crippen molar-refractivity contribution in [2.24, 2.45) is 0 Å². The summed E-state index contributed by atoms with van der Waals surface area (Å²) in [5.74, 6) is 3.03. The second kappa shape index (κ2) is 7.79. The number of rotatable bonds is 5. The van der Waals surface area contributed by atoms with E-state index in [-0.39, 0.29) is 18.4 Å². The van der Waals surface area contributed by atoms with E-state index in [2.05, 4.69) is 50.3 Å². The van der Waals surface area contributed by atoms with Crippen LogP contribution < -0.4 is 4.90 Å². The second-order valence-electron chi connectivity index (χ2n) is 7.37. The van der Waals surface area contributed by atoms with Crippen molar-refractivity contribution < 1.29 is 0 Å². The number of anilines is 1. The summed E-state index contributed by atoms with van der Waals surface area (Å²) in [5, 5.41) is 20.8. The van der Waals surface area contributed by atoms with E-state index in [0.717, 1.165) is 28.7 Å². The number of hydrogen-bond donors (Lipinski definition) is 1. The first-order chi connectivity index (χ1) is 13.7. The van der Waals surface area contributed by atoms with Crippen LogP contribution in [0.3, 0.4) is 0 Å². The average molecular weight is 411 g/mol. The van der Waals surface area contributed by atoms with E-state index in [1.807, 2.05) is 34.8 Å². The minimum absolute atomic E-state index is 0. The summed E-state index contributed by atoms with van der Waals surface area (Å²) in [4.78, 5) is 6.48. The van der Waals surface area contributed by atoms with Crippen molar-refractivity contribution in [3.05, 3.63) is 54.1 Å². The van der Waals surface area contributed by atoms with Gasteiger partial charge >= 0.3 is 0 Å². The van der Waals surface area contributed by atoms with Gasteiger partial charge in [-0.2, -0.15) is 9.61 Å². The van der Waals surface area contributed by atoms with E-state index < -0.39 is 0 Å². The Morgan fingerprint density at radius 3 is 2.62 bits per heavy atom. The molecular formula is C20H23ClN8. The molecule has 0 saturated heterocycles. The highest BCUT2D eigenvalue weighted by Crippen LogP contribution is 2.41. The third kappa shape index (κ3) is 3.33. The van der Waals surface area contributed by atoms with Crippen LogP contribution in [0.5, 0.6) is 0 Å². The van der Waals surface area contributed by atoms with E-state index in [4.69, 9.17) is 5.10 Å². The van der Waals surface area contributed by atoms with Gasteiger partial charge in [0, 0.05) is 18.2 Å². The molecule has 0 aliphatic heterocycles. The Morgan fingerprint density at radius 2 is 1.97 bits per heavy atom. The fourth-order valence-electron chi connectivity index (χ4n) is 3.68. The summed E-state index contributed by atoms with van der Waals surface area (Å²) in [6, 6.07) is 12.2. The quantitative estimate of drug-likeness (QED) is 0.538. The number of halogens is 1. The maximum absolute atomic E-state index is 5.00. The molecule has 1 saturated carbocycles. The molecule has 0 bridgehead atoms. The molecule has 0 spiro atoms. The van der Waals surface area contributed by atoms with Crippen molar-refractivity contribution in [1.82, 2.24) is 35.0 Å². The minimum atomic E-state index is 0. The maximum atomic E-state index is 5.00. The van der Waals surface area contributed by atoms with Crippen LogP contribution in [-0.2, 0) is 0 Å². The summed E-state index contributed by atoms with van der Waals surface area (Å²) < 4.78 is 1.84. The highest BCUT2D eigenvalue weighted by molar-refractivity contribution is 5.85. The van der Waals surface area contributed by atoms with Gasteiger partial charge in [0.25, 0.3) is 0 Å². The summed E-state index contributed by atoms with van der Waals surface area (Å²) in [6.07, 6.45) is 5.18. The monoisotopic (exact) mass is 410 g/mol. The number of aromatic amines is 1. The van der Waals surface area contributed by atoms with Crippen LogP contribution in [0.1, 0.15) is 49.5 Å². The second-order valence-corrected chi connectivity index (χ2v) is 7.37. The van der Waals surface area contributed by atoms with Gasteiger partial charge in [0.2, 0.25) is 0 Å². The van der Waals surface area contributed by atoms with Crippen molar-refractivity contribution in [2.75, 3.05) is 11.9 Å². The molecule has 4 aromatic rings. The molecule has 0 amide bonds. The molecule has 0 radical (unpaired) electrons. The predicted molar refractivity (Wildman–Crippen MR) is 113 cm³/mol. The van der Waals surface area contributed by atoms with E-state index in [9.17, 15) is 0 Å². The lowest BCUT2D eigenvalue weighted by atomic mass is 9.80. The van der Waals surface area contributed by atoms with Gasteiger partial charge in [0.1, 0.15) is 12.2 Å². The first-order valence-corrected chi connectivity index (χ1v) is 9.62. The Kier molecular flexibility index (Phi) is 5.19. The maximum Gasteiger partial charge on any atom is 0.185 e. The lowest BCUT2D eigenvalue weighted by Crippen LogP contribution is -2.27. The summed E-state index contributed by atoms with van der Waals surface area (Å²) in [7, 11) is 2.05. The molecule has 1 aliphatic carbocycles. The molecule has 1 unspecified atom stereocenters. The Hall–Kier alpha value is -3.00. The standard InChI is InChI=1S/C20H22N8.ClH/c1-13(18-21-12-22-24-18)27(2)20-16(14-9-6-10-14)11-17-23-25-19(28(17)26-20)15-7-4-3-5-8-15;/h3-5,7-8,11-14H,6,9-10H2,1-2H3,(H,21,22,24);1H. The molecule has 1 atom stereocenters. The third-order valence-corrected chi connectivity index (χ3v) is 5.72. The molecule has 1 fully saturated rings. The molecule has 9 heteroatoms. The number of hydrogen-bond acceptors (Lipinski definition) is 6. The van der Waals surface area contributed by atoms with Gasteiger partial charge in [-0.25, -0.2) is 4.98 Å². The predicted octanol–water partition coefficient (Wildman–Crippen LogP) is 3.80. The highest BCUT2D eigenvalue weighted by Gasteiger charge is 2.28. The zero-order valence-corrected chi connectivity index (χ0v) is 17.2.